The Bertz CT molecular complexity index is 385. The van der Waals surface area contributed by atoms with E-state index < -0.39 is 17.3 Å². The molecule has 3 fully saturated rings. The van der Waals surface area contributed by atoms with Gasteiger partial charge in [0.2, 0.25) is 0 Å². The van der Waals surface area contributed by atoms with E-state index in [1.165, 1.54) is 0 Å². The van der Waals surface area contributed by atoms with Gasteiger partial charge in [0.05, 0.1) is 0 Å². The Labute approximate surface area is 113 Å². The molecule has 1 N–H and O–H groups in total. The molecule has 4 nitrogen and oxygen atoms in total. The lowest BCUT2D eigenvalue weighted by Gasteiger charge is -2.56. The predicted octanol–water partition coefficient (Wildman–Crippen LogP) is 1.56. The van der Waals surface area contributed by atoms with Crippen LogP contribution in [0, 0.1) is 0 Å². The summed E-state index contributed by atoms with van der Waals surface area (Å²) in [5, 5.41) is 10.6. The van der Waals surface area contributed by atoms with Crippen LogP contribution in [-0.4, -0.2) is 47.8 Å². The summed E-state index contributed by atoms with van der Waals surface area (Å²) in [6, 6.07) is 0. The van der Waals surface area contributed by atoms with E-state index >= 15 is 0 Å². The smallest absolute Gasteiger partial charge is 0.132 e. The van der Waals surface area contributed by atoms with Crippen LogP contribution >= 0.6 is 0 Å². The van der Waals surface area contributed by atoms with Gasteiger partial charge in [0.1, 0.15) is 22.9 Å². The average Bonchev–Trinajstić information content (AvgIpc) is 3.13. The third-order valence-electron chi connectivity index (χ3n) is 5.52. The molecule has 4 aliphatic rings. The number of fused-ring (bicyclic) bond motifs is 2. The summed E-state index contributed by atoms with van der Waals surface area (Å²) in [6.45, 7) is 2.24. The first-order chi connectivity index (χ1) is 9.25. The van der Waals surface area contributed by atoms with Crippen LogP contribution in [0.3, 0.4) is 0 Å². The van der Waals surface area contributed by atoms with Gasteiger partial charge < -0.3 is 19.3 Å². The fourth-order valence-electron chi connectivity index (χ4n) is 4.77. The fourth-order valence-corrected chi connectivity index (χ4v) is 4.77. The van der Waals surface area contributed by atoms with Crippen molar-refractivity contribution in [3.8, 4) is 0 Å². The number of rotatable bonds is 0. The first-order valence-electron chi connectivity index (χ1n) is 7.54. The number of aliphatic hydroxyl groups excluding tert-OH is 1. The highest BCUT2D eigenvalue weighted by atomic mass is 16.6. The third-order valence-corrected chi connectivity index (χ3v) is 5.52. The standard InChI is InChI=1S/C15H22O4/c16-12-4-8-13(5-1-9-17-13)15(7-3-11-19-15)14(12)6-2-10-18-14/h4,8,12,16H,1-3,5-7,9-11H2/t12?,13-,14+,15+/m0/s1. The monoisotopic (exact) mass is 266 g/mol. The summed E-state index contributed by atoms with van der Waals surface area (Å²) in [4.78, 5) is 0. The molecule has 0 bridgehead atoms. The maximum atomic E-state index is 10.6. The van der Waals surface area contributed by atoms with Crippen molar-refractivity contribution in [2.45, 2.75) is 61.4 Å². The van der Waals surface area contributed by atoms with Crippen molar-refractivity contribution in [2.24, 2.45) is 0 Å². The van der Waals surface area contributed by atoms with Crippen molar-refractivity contribution >= 4 is 0 Å². The van der Waals surface area contributed by atoms with Gasteiger partial charge in [0.15, 0.2) is 0 Å². The van der Waals surface area contributed by atoms with Crippen LogP contribution in [0.25, 0.3) is 0 Å². The van der Waals surface area contributed by atoms with E-state index in [4.69, 9.17) is 14.2 Å². The zero-order chi connectivity index (χ0) is 13.0. The largest absolute Gasteiger partial charge is 0.386 e. The van der Waals surface area contributed by atoms with E-state index in [0.29, 0.717) is 6.61 Å². The van der Waals surface area contributed by atoms with Crippen molar-refractivity contribution in [1.82, 2.24) is 0 Å². The maximum Gasteiger partial charge on any atom is 0.132 e. The quantitative estimate of drug-likeness (QED) is 0.676. The molecule has 4 heteroatoms. The van der Waals surface area contributed by atoms with Gasteiger partial charge in [-0.3, -0.25) is 0 Å². The molecular formula is C15H22O4. The van der Waals surface area contributed by atoms with Gasteiger partial charge in [0.25, 0.3) is 0 Å². The number of hydrogen-bond donors (Lipinski definition) is 1. The van der Waals surface area contributed by atoms with Gasteiger partial charge in [-0.2, -0.15) is 0 Å². The molecule has 3 heterocycles. The Morgan fingerprint density at radius 3 is 2.26 bits per heavy atom. The minimum atomic E-state index is -0.595. The predicted molar refractivity (Wildman–Crippen MR) is 68.9 cm³/mol. The van der Waals surface area contributed by atoms with Crippen molar-refractivity contribution in [1.29, 1.82) is 0 Å². The minimum Gasteiger partial charge on any atom is -0.386 e. The number of aliphatic hydroxyl groups is 1. The van der Waals surface area contributed by atoms with Gasteiger partial charge in [0, 0.05) is 19.8 Å². The van der Waals surface area contributed by atoms with Crippen LogP contribution in [-0.2, 0) is 14.2 Å². The molecule has 0 aromatic heterocycles. The van der Waals surface area contributed by atoms with E-state index in [1.54, 1.807) is 0 Å². The Hall–Kier alpha value is -0.420. The van der Waals surface area contributed by atoms with Crippen LogP contribution in [0.15, 0.2) is 12.2 Å². The molecule has 0 amide bonds. The molecule has 4 atom stereocenters. The summed E-state index contributed by atoms with van der Waals surface area (Å²) in [5.74, 6) is 0. The zero-order valence-electron chi connectivity index (χ0n) is 11.3. The zero-order valence-corrected chi connectivity index (χ0v) is 11.3. The van der Waals surface area contributed by atoms with E-state index in [1.807, 2.05) is 6.08 Å². The lowest BCUT2D eigenvalue weighted by Crippen LogP contribution is -2.72. The van der Waals surface area contributed by atoms with Crippen LogP contribution in [0.4, 0.5) is 0 Å². The molecule has 3 saturated heterocycles. The third kappa shape index (κ3) is 1.33. The Morgan fingerprint density at radius 1 is 0.895 bits per heavy atom. The molecular weight excluding hydrogens is 244 g/mol. The summed E-state index contributed by atoms with van der Waals surface area (Å²) in [7, 11) is 0. The van der Waals surface area contributed by atoms with E-state index in [-0.39, 0.29) is 5.60 Å². The second-order valence-corrected chi connectivity index (χ2v) is 6.27. The lowest BCUT2D eigenvalue weighted by atomic mass is 9.61. The first-order valence-corrected chi connectivity index (χ1v) is 7.54. The summed E-state index contributed by atoms with van der Waals surface area (Å²) < 4.78 is 18.5. The molecule has 1 unspecified atom stereocenters. The molecule has 3 spiro atoms. The van der Waals surface area contributed by atoms with Crippen molar-refractivity contribution in [3.05, 3.63) is 12.2 Å². The summed E-state index contributed by atoms with van der Waals surface area (Å²) in [5.41, 5.74) is -1.46. The molecule has 3 aliphatic heterocycles. The average molecular weight is 266 g/mol. The lowest BCUT2D eigenvalue weighted by molar-refractivity contribution is -0.268. The van der Waals surface area contributed by atoms with Crippen LogP contribution in [0.2, 0.25) is 0 Å². The SMILES string of the molecule is OC1C=C[C@@]2(CCCO2)[C@]2(CCCO2)[C@@]12CCCO2. The Balaban J connectivity index is 1.87. The number of ether oxygens (including phenoxy) is 3. The molecule has 0 aromatic rings. The molecule has 0 radical (unpaired) electrons. The highest BCUT2D eigenvalue weighted by Crippen LogP contribution is 2.58. The molecule has 1 aliphatic carbocycles. The first kappa shape index (κ1) is 12.3. The highest BCUT2D eigenvalue weighted by Gasteiger charge is 2.71. The second-order valence-electron chi connectivity index (χ2n) is 6.27. The van der Waals surface area contributed by atoms with Crippen LogP contribution < -0.4 is 0 Å². The van der Waals surface area contributed by atoms with E-state index in [9.17, 15) is 5.11 Å². The van der Waals surface area contributed by atoms with Gasteiger partial charge in [-0.15, -0.1) is 0 Å². The summed E-state index contributed by atoms with van der Waals surface area (Å²) >= 11 is 0. The fraction of sp³-hybridized carbons (Fsp3) is 0.867. The normalized spacial score (nSPS) is 53.0. The van der Waals surface area contributed by atoms with Crippen molar-refractivity contribution in [3.63, 3.8) is 0 Å². The minimum absolute atomic E-state index is 0.382. The Morgan fingerprint density at radius 2 is 1.63 bits per heavy atom. The van der Waals surface area contributed by atoms with Gasteiger partial charge in [-0.05, 0) is 38.5 Å². The van der Waals surface area contributed by atoms with Crippen LogP contribution in [0.1, 0.15) is 38.5 Å². The second kappa shape index (κ2) is 4.04. The summed E-state index contributed by atoms with van der Waals surface area (Å²) in [6.07, 6.45) is 9.19. The molecule has 0 saturated carbocycles. The van der Waals surface area contributed by atoms with Crippen LogP contribution in [0.5, 0.6) is 0 Å². The molecule has 106 valence electrons. The molecule has 19 heavy (non-hydrogen) atoms. The van der Waals surface area contributed by atoms with Gasteiger partial charge in [-0.25, -0.2) is 0 Å². The van der Waals surface area contributed by atoms with Gasteiger partial charge in [-0.1, -0.05) is 12.2 Å². The molecule has 0 aromatic carbocycles. The Kier molecular flexibility index (Phi) is 2.62. The van der Waals surface area contributed by atoms with E-state index in [2.05, 4.69) is 6.08 Å². The number of hydrogen-bond acceptors (Lipinski definition) is 4. The van der Waals surface area contributed by atoms with Crippen molar-refractivity contribution in [2.75, 3.05) is 19.8 Å². The molecule has 4 rings (SSSR count). The van der Waals surface area contributed by atoms with Gasteiger partial charge >= 0.3 is 0 Å². The van der Waals surface area contributed by atoms with Crippen molar-refractivity contribution < 1.29 is 19.3 Å². The topological polar surface area (TPSA) is 47.9 Å². The van der Waals surface area contributed by atoms with E-state index in [0.717, 1.165) is 51.7 Å². The highest BCUT2D eigenvalue weighted by molar-refractivity contribution is 5.33. The maximum absolute atomic E-state index is 10.6.